The Morgan fingerprint density at radius 1 is 1.56 bits per heavy atom. The summed E-state index contributed by atoms with van der Waals surface area (Å²) in [6, 6.07) is 0. The van der Waals surface area contributed by atoms with E-state index >= 15 is 0 Å². The number of methoxy groups -OCH3 is 1. The lowest BCUT2D eigenvalue weighted by molar-refractivity contribution is -0.107. The van der Waals surface area contributed by atoms with Crippen molar-refractivity contribution in [1.29, 1.82) is 0 Å². The number of aromatic nitrogens is 2. The molecule has 1 aromatic heterocycles. The zero-order chi connectivity index (χ0) is 12.1. The number of aryl methyl sites for hydroxylation is 1. The Kier molecular flexibility index (Phi) is 4.04. The van der Waals surface area contributed by atoms with Crippen LogP contribution in [0.25, 0.3) is 0 Å². The summed E-state index contributed by atoms with van der Waals surface area (Å²) in [7, 11) is 3.06. The van der Waals surface area contributed by atoms with Gasteiger partial charge in [0.15, 0.2) is 0 Å². The van der Waals surface area contributed by atoms with Crippen LogP contribution in [0.15, 0.2) is 0 Å². The van der Waals surface area contributed by atoms with Gasteiger partial charge in [0, 0.05) is 13.5 Å². The van der Waals surface area contributed by atoms with Crippen LogP contribution >= 0.6 is 0 Å². The lowest BCUT2D eigenvalue weighted by Gasteiger charge is -2.03. The number of carbonyl (C=O) groups is 2. The monoisotopic (exact) mass is 226 g/mol. The summed E-state index contributed by atoms with van der Waals surface area (Å²) in [5.41, 5.74) is 0.712. The van der Waals surface area contributed by atoms with Crippen LogP contribution in [0.5, 0.6) is 5.88 Å². The first kappa shape index (κ1) is 12.2. The molecule has 0 radical (unpaired) electrons. The van der Waals surface area contributed by atoms with Crippen LogP contribution in [0.3, 0.4) is 0 Å². The normalized spacial score (nSPS) is 9.94. The second-order valence-corrected chi connectivity index (χ2v) is 3.05. The van der Waals surface area contributed by atoms with E-state index in [4.69, 9.17) is 9.47 Å². The highest BCUT2D eigenvalue weighted by Gasteiger charge is 2.24. The number of hydrogen-bond acceptors (Lipinski definition) is 5. The van der Waals surface area contributed by atoms with Gasteiger partial charge in [-0.1, -0.05) is 0 Å². The lowest BCUT2D eigenvalue weighted by atomic mass is 10.2. The first-order valence-electron chi connectivity index (χ1n) is 4.86. The van der Waals surface area contributed by atoms with Crippen molar-refractivity contribution in [3.63, 3.8) is 0 Å². The van der Waals surface area contributed by atoms with Crippen molar-refractivity contribution in [2.45, 2.75) is 13.3 Å². The zero-order valence-electron chi connectivity index (χ0n) is 9.52. The van der Waals surface area contributed by atoms with E-state index in [0.717, 1.165) is 0 Å². The standard InChI is InChI=1S/C10H14N2O4/c1-4-16-10(14)8-7(5-6-13)12(2)11-9(8)15-3/h6H,4-5H2,1-3H3. The largest absolute Gasteiger partial charge is 0.479 e. The number of rotatable bonds is 5. The molecule has 1 heterocycles. The molecule has 0 aliphatic rings. The molecule has 0 N–H and O–H groups in total. The Morgan fingerprint density at radius 3 is 2.75 bits per heavy atom. The molecule has 0 saturated heterocycles. The summed E-state index contributed by atoms with van der Waals surface area (Å²) in [5.74, 6) is -0.345. The van der Waals surface area contributed by atoms with Crippen molar-refractivity contribution in [2.75, 3.05) is 13.7 Å². The lowest BCUT2D eigenvalue weighted by Crippen LogP contribution is -2.10. The molecule has 0 aliphatic heterocycles. The molecular formula is C10H14N2O4. The fourth-order valence-electron chi connectivity index (χ4n) is 1.40. The molecule has 0 amide bonds. The molecule has 6 heteroatoms. The van der Waals surface area contributed by atoms with Crippen molar-refractivity contribution in [3.05, 3.63) is 11.3 Å². The highest BCUT2D eigenvalue weighted by molar-refractivity contribution is 5.94. The van der Waals surface area contributed by atoms with E-state index in [-0.39, 0.29) is 24.5 Å². The molecule has 0 fully saturated rings. The number of hydrogen-bond donors (Lipinski definition) is 0. The summed E-state index contributed by atoms with van der Waals surface area (Å²) in [6.07, 6.45) is 0.806. The second kappa shape index (κ2) is 5.29. The summed E-state index contributed by atoms with van der Waals surface area (Å²) < 4.78 is 11.3. The van der Waals surface area contributed by atoms with Gasteiger partial charge < -0.3 is 14.3 Å². The zero-order valence-corrected chi connectivity index (χ0v) is 9.52. The maximum absolute atomic E-state index is 11.7. The van der Waals surface area contributed by atoms with Gasteiger partial charge in [0.1, 0.15) is 11.8 Å². The number of ether oxygens (including phenoxy) is 2. The molecular weight excluding hydrogens is 212 g/mol. The van der Waals surface area contributed by atoms with Crippen molar-refractivity contribution in [2.24, 2.45) is 7.05 Å². The van der Waals surface area contributed by atoms with Gasteiger partial charge in [0.25, 0.3) is 0 Å². The summed E-state index contributed by atoms with van der Waals surface area (Å²) in [4.78, 5) is 22.2. The predicted molar refractivity (Wildman–Crippen MR) is 55.5 cm³/mol. The minimum absolute atomic E-state index is 0.0982. The fourth-order valence-corrected chi connectivity index (χ4v) is 1.40. The molecule has 0 aromatic carbocycles. The van der Waals surface area contributed by atoms with E-state index in [1.54, 1.807) is 14.0 Å². The first-order chi connectivity index (χ1) is 7.65. The summed E-state index contributed by atoms with van der Waals surface area (Å²) in [5, 5.41) is 3.99. The average molecular weight is 226 g/mol. The highest BCUT2D eigenvalue weighted by atomic mass is 16.5. The van der Waals surface area contributed by atoms with Crippen LogP contribution in [0, 0.1) is 0 Å². The minimum Gasteiger partial charge on any atom is -0.479 e. The molecule has 0 aliphatic carbocycles. The number of carbonyl (C=O) groups excluding carboxylic acids is 2. The Morgan fingerprint density at radius 2 is 2.25 bits per heavy atom. The molecule has 0 spiro atoms. The van der Waals surface area contributed by atoms with Crippen LogP contribution in [-0.4, -0.2) is 35.8 Å². The van der Waals surface area contributed by atoms with Gasteiger partial charge in [-0.05, 0) is 6.92 Å². The van der Waals surface area contributed by atoms with Gasteiger partial charge in [-0.15, -0.1) is 5.10 Å². The topological polar surface area (TPSA) is 70.4 Å². The quantitative estimate of drug-likeness (QED) is 0.535. The fraction of sp³-hybridized carbons (Fsp3) is 0.500. The molecule has 0 unspecified atom stereocenters. The minimum atomic E-state index is -0.524. The van der Waals surface area contributed by atoms with Crippen LogP contribution in [0.4, 0.5) is 0 Å². The number of esters is 1. The predicted octanol–water partition coefficient (Wildman–Crippen LogP) is 0.347. The van der Waals surface area contributed by atoms with Gasteiger partial charge in [0.05, 0.1) is 19.4 Å². The third kappa shape index (κ3) is 2.21. The van der Waals surface area contributed by atoms with Crippen LogP contribution in [0.1, 0.15) is 23.0 Å². The molecule has 0 bridgehead atoms. The molecule has 6 nitrogen and oxygen atoms in total. The van der Waals surface area contributed by atoms with Gasteiger partial charge in [0.2, 0.25) is 5.88 Å². The van der Waals surface area contributed by atoms with Crippen LogP contribution in [-0.2, 0) is 23.0 Å². The first-order valence-corrected chi connectivity index (χ1v) is 4.86. The Bertz CT molecular complexity index is 398. The highest BCUT2D eigenvalue weighted by Crippen LogP contribution is 2.21. The van der Waals surface area contributed by atoms with Gasteiger partial charge in [-0.25, -0.2) is 4.79 Å². The van der Waals surface area contributed by atoms with Crippen molar-refractivity contribution in [3.8, 4) is 5.88 Å². The van der Waals surface area contributed by atoms with Crippen molar-refractivity contribution < 1.29 is 19.1 Å². The molecule has 1 aromatic rings. The van der Waals surface area contributed by atoms with Crippen LogP contribution in [0.2, 0.25) is 0 Å². The SMILES string of the molecule is CCOC(=O)c1c(OC)nn(C)c1CC=O. The van der Waals surface area contributed by atoms with E-state index in [0.29, 0.717) is 12.0 Å². The molecule has 0 atom stereocenters. The average Bonchev–Trinajstić information content (AvgIpc) is 2.57. The molecule has 88 valence electrons. The molecule has 1 rings (SSSR count). The summed E-state index contributed by atoms with van der Waals surface area (Å²) >= 11 is 0. The summed E-state index contributed by atoms with van der Waals surface area (Å²) in [6.45, 7) is 1.97. The van der Waals surface area contributed by atoms with Crippen LogP contribution < -0.4 is 4.74 Å². The van der Waals surface area contributed by atoms with E-state index < -0.39 is 5.97 Å². The van der Waals surface area contributed by atoms with Gasteiger partial charge >= 0.3 is 5.97 Å². The van der Waals surface area contributed by atoms with E-state index in [1.807, 2.05) is 0 Å². The van der Waals surface area contributed by atoms with E-state index in [2.05, 4.69) is 5.10 Å². The maximum atomic E-state index is 11.7. The Hall–Kier alpha value is -1.85. The maximum Gasteiger partial charge on any atom is 0.345 e. The number of aldehydes is 1. The third-order valence-corrected chi connectivity index (χ3v) is 2.08. The van der Waals surface area contributed by atoms with E-state index in [1.165, 1.54) is 11.8 Å². The molecule has 16 heavy (non-hydrogen) atoms. The van der Waals surface area contributed by atoms with Crippen molar-refractivity contribution in [1.82, 2.24) is 9.78 Å². The molecule has 0 saturated carbocycles. The van der Waals surface area contributed by atoms with Gasteiger partial charge in [-0.3, -0.25) is 4.68 Å². The van der Waals surface area contributed by atoms with Gasteiger partial charge in [-0.2, -0.15) is 0 Å². The van der Waals surface area contributed by atoms with E-state index in [9.17, 15) is 9.59 Å². The smallest absolute Gasteiger partial charge is 0.345 e. The Balaban J connectivity index is 3.19. The Labute approximate surface area is 93.1 Å². The third-order valence-electron chi connectivity index (χ3n) is 2.08. The second-order valence-electron chi connectivity index (χ2n) is 3.05. The van der Waals surface area contributed by atoms with Crippen molar-refractivity contribution >= 4 is 12.3 Å². The number of nitrogens with zero attached hydrogens (tertiary/aromatic N) is 2.